The summed E-state index contributed by atoms with van der Waals surface area (Å²) >= 11 is 0. The maximum atomic E-state index is 10.9. The zero-order valence-corrected chi connectivity index (χ0v) is 11.9. The van der Waals surface area contributed by atoms with Gasteiger partial charge in [0.25, 0.3) is 0 Å². The van der Waals surface area contributed by atoms with E-state index in [-0.39, 0.29) is 5.56 Å². The van der Waals surface area contributed by atoms with Gasteiger partial charge < -0.3 is 20.0 Å². The molecule has 1 aromatic carbocycles. The molecule has 3 rings (SSSR count). The Kier molecular flexibility index (Phi) is 3.52. The van der Waals surface area contributed by atoms with Crippen molar-refractivity contribution in [2.45, 2.75) is 6.54 Å². The molecule has 0 saturated heterocycles. The van der Waals surface area contributed by atoms with Crippen molar-refractivity contribution in [1.29, 1.82) is 0 Å². The predicted molar refractivity (Wildman–Crippen MR) is 80.8 cm³/mol. The van der Waals surface area contributed by atoms with Crippen LogP contribution in [0.2, 0.25) is 0 Å². The standard InChI is InChI=1S/C16H14N2O4/c1-21-14-6-10(4-11-5-12(7-17)22-15(11)14)13-3-2-9(8-18-13)16(19)20/h2-6,8H,7,17H2,1H3,(H,19,20). The van der Waals surface area contributed by atoms with Crippen LogP contribution in [-0.4, -0.2) is 23.2 Å². The molecule has 0 aliphatic rings. The van der Waals surface area contributed by atoms with Crippen LogP contribution in [0.5, 0.6) is 5.75 Å². The Morgan fingerprint density at radius 1 is 1.36 bits per heavy atom. The summed E-state index contributed by atoms with van der Waals surface area (Å²) in [5, 5.41) is 9.78. The molecule has 0 radical (unpaired) electrons. The largest absolute Gasteiger partial charge is 0.493 e. The first-order chi connectivity index (χ1) is 10.6. The summed E-state index contributed by atoms with van der Waals surface area (Å²) in [5.74, 6) is 0.241. The molecule has 0 amide bonds. The van der Waals surface area contributed by atoms with Gasteiger partial charge in [0.05, 0.1) is 24.9 Å². The van der Waals surface area contributed by atoms with Crippen molar-refractivity contribution in [2.24, 2.45) is 5.73 Å². The van der Waals surface area contributed by atoms with Crippen molar-refractivity contribution in [3.05, 3.63) is 47.9 Å². The van der Waals surface area contributed by atoms with Crippen molar-refractivity contribution >= 4 is 16.9 Å². The van der Waals surface area contributed by atoms with E-state index >= 15 is 0 Å². The molecule has 2 aromatic heterocycles. The molecule has 0 aliphatic carbocycles. The quantitative estimate of drug-likeness (QED) is 0.768. The Hall–Kier alpha value is -2.86. The van der Waals surface area contributed by atoms with Gasteiger partial charge in [-0.25, -0.2) is 4.79 Å². The molecule has 0 unspecified atom stereocenters. The van der Waals surface area contributed by atoms with Gasteiger partial charge in [0.1, 0.15) is 5.76 Å². The molecular weight excluding hydrogens is 284 g/mol. The molecule has 112 valence electrons. The molecule has 6 heteroatoms. The maximum Gasteiger partial charge on any atom is 0.337 e. The summed E-state index contributed by atoms with van der Waals surface area (Å²) in [6.07, 6.45) is 1.33. The number of benzene rings is 1. The molecule has 0 aliphatic heterocycles. The number of furan rings is 1. The highest BCUT2D eigenvalue weighted by Gasteiger charge is 2.12. The smallest absolute Gasteiger partial charge is 0.337 e. The van der Waals surface area contributed by atoms with Crippen LogP contribution < -0.4 is 10.5 Å². The zero-order chi connectivity index (χ0) is 15.7. The molecule has 2 heterocycles. The number of nitrogens with two attached hydrogens (primary N) is 1. The van der Waals surface area contributed by atoms with Gasteiger partial charge in [-0.1, -0.05) is 0 Å². The number of fused-ring (bicyclic) bond motifs is 1. The second-order valence-electron chi connectivity index (χ2n) is 4.75. The molecule has 0 saturated carbocycles. The molecule has 0 atom stereocenters. The summed E-state index contributed by atoms with van der Waals surface area (Å²) in [4.78, 5) is 15.1. The lowest BCUT2D eigenvalue weighted by molar-refractivity contribution is 0.0696. The Morgan fingerprint density at radius 3 is 2.77 bits per heavy atom. The number of carboxylic acid groups (broad SMARTS) is 1. The number of hydrogen-bond donors (Lipinski definition) is 2. The minimum atomic E-state index is -1.01. The average molecular weight is 298 g/mol. The number of hydrogen-bond acceptors (Lipinski definition) is 5. The van der Waals surface area contributed by atoms with Crippen LogP contribution in [0.3, 0.4) is 0 Å². The van der Waals surface area contributed by atoms with Crippen LogP contribution >= 0.6 is 0 Å². The van der Waals surface area contributed by atoms with E-state index in [0.717, 1.165) is 10.9 Å². The number of methoxy groups -OCH3 is 1. The molecule has 0 fully saturated rings. The molecule has 0 bridgehead atoms. The highest BCUT2D eigenvalue weighted by atomic mass is 16.5. The molecule has 22 heavy (non-hydrogen) atoms. The number of nitrogens with zero attached hydrogens (tertiary/aromatic N) is 1. The lowest BCUT2D eigenvalue weighted by Crippen LogP contribution is -1.97. The summed E-state index contributed by atoms with van der Waals surface area (Å²) in [6.45, 7) is 0.304. The van der Waals surface area contributed by atoms with Gasteiger partial charge in [0.2, 0.25) is 0 Å². The van der Waals surface area contributed by atoms with Crippen molar-refractivity contribution < 1.29 is 19.1 Å². The van der Waals surface area contributed by atoms with Gasteiger partial charge >= 0.3 is 5.97 Å². The fourth-order valence-corrected chi connectivity index (χ4v) is 2.27. The number of aromatic carboxylic acids is 1. The maximum absolute atomic E-state index is 10.9. The third kappa shape index (κ3) is 2.40. The first-order valence-corrected chi connectivity index (χ1v) is 6.62. The molecule has 3 aromatic rings. The van der Waals surface area contributed by atoms with E-state index in [1.54, 1.807) is 19.2 Å². The molecule has 3 N–H and O–H groups in total. The van der Waals surface area contributed by atoms with Gasteiger partial charge in [0.15, 0.2) is 11.3 Å². The van der Waals surface area contributed by atoms with Gasteiger partial charge in [0, 0.05) is 17.1 Å². The monoisotopic (exact) mass is 298 g/mol. The van der Waals surface area contributed by atoms with Crippen molar-refractivity contribution in [1.82, 2.24) is 4.98 Å². The summed E-state index contributed by atoms with van der Waals surface area (Å²) in [7, 11) is 1.56. The van der Waals surface area contributed by atoms with Crippen LogP contribution in [0.1, 0.15) is 16.1 Å². The van der Waals surface area contributed by atoms with Crippen LogP contribution in [-0.2, 0) is 6.54 Å². The average Bonchev–Trinajstić information content (AvgIpc) is 2.97. The summed E-state index contributed by atoms with van der Waals surface area (Å²) < 4.78 is 11.0. The first-order valence-electron chi connectivity index (χ1n) is 6.62. The fraction of sp³-hybridized carbons (Fsp3) is 0.125. The molecular formula is C16H14N2O4. The number of pyridine rings is 1. The van der Waals surface area contributed by atoms with Crippen LogP contribution in [0.15, 0.2) is 40.9 Å². The van der Waals surface area contributed by atoms with Crippen molar-refractivity contribution in [3.8, 4) is 17.0 Å². The van der Waals surface area contributed by atoms with E-state index < -0.39 is 5.97 Å². The minimum Gasteiger partial charge on any atom is -0.493 e. The second-order valence-corrected chi connectivity index (χ2v) is 4.75. The predicted octanol–water partition coefficient (Wildman–Crippen LogP) is 2.66. The zero-order valence-electron chi connectivity index (χ0n) is 11.9. The number of carboxylic acids is 1. The summed E-state index contributed by atoms with van der Waals surface area (Å²) in [5.41, 5.74) is 7.84. The minimum absolute atomic E-state index is 0.144. The Bertz CT molecular complexity index is 837. The normalized spacial score (nSPS) is 10.8. The number of ether oxygens (including phenoxy) is 1. The second kappa shape index (κ2) is 5.50. The Labute approximate surface area is 126 Å². The van der Waals surface area contributed by atoms with E-state index in [9.17, 15) is 4.79 Å². The Morgan fingerprint density at radius 2 is 2.18 bits per heavy atom. The van der Waals surface area contributed by atoms with E-state index in [2.05, 4.69) is 4.98 Å². The lowest BCUT2D eigenvalue weighted by Gasteiger charge is -2.06. The first kappa shape index (κ1) is 14.1. The molecule has 0 spiro atoms. The lowest BCUT2D eigenvalue weighted by atomic mass is 10.1. The van der Waals surface area contributed by atoms with Crippen molar-refractivity contribution in [2.75, 3.05) is 7.11 Å². The number of aromatic nitrogens is 1. The van der Waals surface area contributed by atoms with E-state index in [4.69, 9.17) is 20.0 Å². The number of carbonyl (C=O) groups is 1. The van der Waals surface area contributed by atoms with E-state index in [1.807, 2.05) is 12.1 Å². The highest BCUT2D eigenvalue weighted by Crippen LogP contribution is 2.33. The van der Waals surface area contributed by atoms with Crippen molar-refractivity contribution in [3.63, 3.8) is 0 Å². The topological polar surface area (TPSA) is 98.6 Å². The van der Waals surface area contributed by atoms with Gasteiger partial charge in [-0.2, -0.15) is 0 Å². The van der Waals surface area contributed by atoms with Gasteiger partial charge in [-0.05, 0) is 30.3 Å². The third-order valence-electron chi connectivity index (χ3n) is 3.36. The Balaban J connectivity index is 2.11. The third-order valence-corrected chi connectivity index (χ3v) is 3.36. The van der Waals surface area contributed by atoms with Crippen LogP contribution in [0, 0.1) is 0 Å². The van der Waals surface area contributed by atoms with E-state index in [0.29, 0.717) is 29.3 Å². The van der Waals surface area contributed by atoms with E-state index in [1.165, 1.54) is 12.3 Å². The fourth-order valence-electron chi connectivity index (χ4n) is 2.27. The number of rotatable bonds is 4. The SMILES string of the molecule is COc1cc(-c2ccc(C(=O)O)cn2)cc2cc(CN)oc12. The highest BCUT2D eigenvalue weighted by molar-refractivity contribution is 5.90. The molecule has 6 nitrogen and oxygen atoms in total. The van der Waals surface area contributed by atoms with Crippen LogP contribution in [0.4, 0.5) is 0 Å². The van der Waals surface area contributed by atoms with Gasteiger partial charge in [-0.3, -0.25) is 4.98 Å². The van der Waals surface area contributed by atoms with Crippen LogP contribution in [0.25, 0.3) is 22.2 Å². The summed E-state index contributed by atoms with van der Waals surface area (Å²) in [6, 6.07) is 8.74. The van der Waals surface area contributed by atoms with Gasteiger partial charge in [-0.15, -0.1) is 0 Å².